The number of carbonyl (C=O) groups is 1. The highest BCUT2D eigenvalue weighted by atomic mass is 35.5. The molecule has 0 spiro atoms. The molecule has 0 aliphatic carbocycles. The monoisotopic (exact) mass is 390 g/mol. The number of rotatable bonds is 8. The topological polar surface area (TPSA) is 70.4 Å². The second-order valence-corrected chi connectivity index (χ2v) is 7.55. The smallest absolute Gasteiger partial charge is 0.220 e. The first kappa shape index (κ1) is 19.7. The van der Waals surface area contributed by atoms with Crippen LogP contribution in [0.1, 0.15) is 31.2 Å². The largest absolute Gasteiger partial charge is 0.506 e. The molecule has 1 atom stereocenters. The van der Waals surface area contributed by atoms with Crippen LogP contribution in [0, 0.1) is 5.92 Å². The van der Waals surface area contributed by atoms with Crippen molar-refractivity contribution in [1.29, 1.82) is 0 Å². The number of phenolic OH excluding ortho intramolecular Hbond substituents is 1. The Labute approximate surface area is 165 Å². The fraction of sp³-hybridized carbons (Fsp3) is 0.500. The maximum Gasteiger partial charge on any atom is 0.220 e. The van der Waals surface area contributed by atoms with Gasteiger partial charge in [-0.15, -0.1) is 0 Å². The molecule has 0 radical (unpaired) electrons. The summed E-state index contributed by atoms with van der Waals surface area (Å²) in [6.45, 7) is 4.15. The lowest BCUT2D eigenvalue weighted by Crippen LogP contribution is -2.40. The molecular weight excluding hydrogens is 364 g/mol. The van der Waals surface area contributed by atoms with Crippen molar-refractivity contribution in [3.63, 3.8) is 0 Å². The summed E-state index contributed by atoms with van der Waals surface area (Å²) in [5.41, 5.74) is 0.944. The molecule has 2 heterocycles. The first-order chi connectivity index (χ1) is 13.1. The van der Waals surface area contributed by atoms with Crippen LogP contribution in [0.5, 0.6) is 5.75 Å². The number of phenols is 1. The Kier molecular flexibility index (Phi) is 7.12. The van der Waals surface area contributed by atoms with Gasteiger partial charge in [0, 0.05) is 45.0 Å². The van der Waals surface area contributed by atoms with E-state index in [1.807, 2.05) is 29.1 Å². The average Bonchev–Trinajstić information content (AvgIpc) is 3.18. The molecule has 1 fully saturated rings. The normalized spacial score (nSPS) is 17.7. The molecule has 1 aliphatic heterocycles. The van der Waals surface area contributed by atoms with Crippen LogP contribution < -0.4 is 5.32 Å². The molecule has 1 amide bonds. The molecule has 1 saturated heterocycles. The SMILES string of the molecule is O=C(CCCn1cccn1)NCC1CCCN(Cc2cccc(O)c2Cl)C1. The Morgan fingerprint density at radius 3 is 3.07 bits per heavy atom. The Bertz CT molecular complexity index is 736. The number of aryl methyl sites for hydroxylation is 1. The van der Waals surface area contributed by atoms with E-state index in [2.05, 4.69) is 15.3 Å². The van der Waals surface area contributed by atoms with Gasteiger partial charge in [0.1, 0.15) is 5.75 Å². The number of likely N-dealkylation sites (tertiary alicyclic amines) is 1. The second-order valence-electron chi connectivity index (χ2n) is 7.17. The number of benzene rings is 1. The van der Waals surface area contributed by atoms with Crippen LogP contribution in [0.4, 0.5) is 0 Å². The van der Waals surface area contributed by atoms with Crippen LogP contribution >= 0.6 is 11.6 Å². The van der Waals surface area contributed by atoms with Gasteiger partial charge in [-0.3, -0.25) is 14.4 Å². The Balaban J connectivity index is 1.39. The molecule has 146 valence electrons. The van der Waals surface area contributed by atoms with Crippen molar-refractivity contribution in [2.24, 2.45) is 5.92 Å². The lowest BCUT2D eigenvalue weighted by Gasteiger charge is -2.33. The van der Waals surface area contributed by atoms with E-state index in [-0.39, 0.29) is 11.7 Å². The van der Waals surface area contributed by atoms with E-state index in [1.165, 1.54) is 0 Å². The van der Waals surface area contributed by atoms with Gasteiger partial charge in [-0.25, -0.2) is 0 Å². The molecule has 7 heteroatoms. The first-order valence-corrected chi connectivity index (χ1v) is 9.92. The van der Waals surface area contributed by atoms with Crippen molar-refractivity contribution in [1.82, 2.24) is 20.0 Å². The Morgan fingerprint density at radius 1 is 1.37 bits per heavy atom. The average molecular weight is 391 g/mol. The Morgan fingerprint density at radius 2 is 2.26 bits per heavy atom. The van der Waals surface area contributed by atoms with Crippen molar-refractivity contribution < 1.29 is 9.90 Å². The van der Waals surface area contributed by atoms with Gasteiger partial charge in [0.15, 0.2) is 0 Å². The summed E-state index contributed by atoms with van der Waals surface area (Å²) in [5, 5.41) is 17.4. The van der Waals surface area contributed by atoms with Crippen molar-refractivity contribution >= 4 is 17.5 Å². The van der Waals surface area contributed by atoms with Gasteiger partial charge in [-0.2, -0.15) is 5.10 Å². The highest BCUT2D eigenvalue weighted by molar-refractivity contribution is 6.32. The molecule has 1 aromatic carbocycles. The number of piperidine rings is 1. The van der Waals surface area contributed by atoms with Gasteiger partial charge in [0.2, 0.25) is 5.91 Å². The van der Waals surface area contributed by atoms with Crippen LogP contribution in [0.2, 0.25) is 5.02 Å². The van der Waals surface area contributed by atoms with Gasteiger partial charge in [0.25, 0.3) is 0 Å². The molecule has 0 bridgehead atoms. The van der Waals surface area contributed by atoms with Gasteiger partial charge in [-0.05, 0) is 49.4 Å². The number of hydrogen-bond acceptors (Lipinski definition) is 4. The molecule has 2 aromatic rings. The number of halogens is 1. The first-order valence-electron chi connectivity index (χ1n) is 9.54. The number of carbonyl (C=O) groups excluding carboxylic acids is 1. The van der Waals surface area contributed by atoms with E-state index < -0.39 is 0 Å². The predicted octanol–water partition coefficient (Wildman–Crippen LogP) is 3.05. The number of amides is 1. The maximum absolute atomic E-state index is 12.1. The van der Waals surface area contributed by atoms with E-state index in [9.17, 15) is 9.90 Å². The molecule has 1 aliphatic rings. The zero-order chi connectivity index (χ0) is 19.1. The zero-order valence-electron chi connectivity index (χ0n) is 15.5. The van der Waals surface area contributed by atoms with Crippen LogP contribution in [0.25, 0.3) is 0 Å². The summed E-state index contributed by atoms with van der Waals surface area (Å²) in [7, 11) is 0. The predicted molar refractivity (Wildman–Crippen MR) is 106 cm³/mol. The van der Waals surface area contributed by atoms with Gasteiger partial charge in [-0.1, -0.05) is 23.7 Å². The van der Waals surface area contributed by atoms with Gasteiger partial charge in [0.05, 0.1) is 5.02 Å². The summed E-state index contributed by atoms with van der Waals surface area (Å²) < 4.78 is 1.85. The molecule has 6 nitrogen and oxygen atoms in total. The van der Waals surface area contributed by atoms with E-state index >= 15 is 0 Å². The summed E-state index contributed by atoms with van der Waals surface area (Å²) in [5.74, 6) is 0.685. The third-order valence-corrected chi connectivity index (χ3v) is 5.43. The van der Waals surface area contributed by atoms with Crippen molar-refractivity contribution in [3.8, 4) is 5.75 Å². The third kappa shape index (κ3) is 5.97. The molecule has 3 rings (SSSR count). The highest BCUT2D eigenvalue weighted by Gasteiger charge is 2.21. The molecule has 2 N–H and O–H groups in total. The number of aromatic nitrogens is 2. The summed E-state index contributed by atoms with van der Waals surface area (Å²) in [4.78, 5) is 14.4. The zero-order valence-corrected chi connectivity index (χ0v) is 16.2. The fourth-order valence-corrected chi connectivity index (χ4v) is 3.76. The third-order valence-electron chi connectivity index (χ3n) is 4.99. The maximum atomic E-state index is 12.1. The molecule has 0 saturated carbocycles. The number of hydrogen-bond donors (Lipinski definition) is 2. The fourth-order valence-electron chi connectivity index (χ4n) is 3.57. The van der Waals surface area contributed by atoms with Crippen LogP contribution in [0.15, 0.2) is 36.7 Å². The molecule has 1 aromatic heterocycles. The van der Waals surface area contributed by atoms with Gasteiger partial charge < -0.3 is 10.4 Å². The molecular formula is C20H27ClN4O2. The summed E-state index contributed by atoms with van der Waals surface area (Å²) in [6.07, 6.45) is 7.20. The lowest BCUT2D eigenvalue weighted by atomic mass is 9.97. The van der Waals surface area contributed by atoms with Crippen molar-refractivity contribution in [3.05, 3.63) is 47.2 Å². The second kappa shape index (κ2) is 9.76. The van der Waals surface area contributed by atoms with E-state index in [0.29, 0.717) is 23.9 Å². The van der Waals surface area contributed by atoms with Crippen LogP contribution in [-0.2, 0) is 17.9 Å². The Hall–Kier alpha value is -2.05. The van der Waals surface area contributed by atoms with E-state index in [1.54, 1.807) is 12.3 Å². The number of nitrogens with one attached hydrogen (secondary N) is 1. The van der Waals surface area contributed by atoms with E-state index in [0.717, 1.165) is 51.0 Å². The van der Waals surface area contributed by atoms with Crippen molar-refractivity contribution in [2.75, 3.05) is 19.6 Å². The van der Waals surface area contributed by atoms with E-state index in [4.69, 9.17) is 11.6 Å². The highest BCUT2D eigenvalue weighted by Crippen LogP contribution is 2.28. The van der Waals surface area contributed by atoms with Crippen LogP contribution in [0.3, 0.4) is 0 Å². The minimum atomic E-state index is 0.107. The molecule has 27 heavy (non-hydrogen) atoms. The van der Waals surface area contributed by atoms with Crippen molar-refractivity contribution in [2.45, 2.75) is 38.8 Å². The summed E-state index contributed by atoms with van der Waals surface area (Å²) >= 11 is 6.20. The van der Waals surface area contributed by atoms with Gasteiger partial charge >= 0.3 is 0 Å². The molecule has 1 unspecified atom stereocenters. The quantitative estimate of drug-likeness (QED) is 0.726. The number of aromatic hydroxyl groups is 1. The standard InChI is InChI=1S/C20H27ClN4O2/c21-20-17(6-1-7-18(20)26)15-24-10-2-5-16(14-24)13-22-19(27)8-3-11-25-12-4-9-23-25/h1,4,6-7,9,12,16,26H,2-3,5,8,10-11,13-15H2,(H,22,27). The number of nitrogens with zero attached hydrogens (tertiary/aromatic N) is 3. The van der Waals surface area contributed by atoms with Crippen LogP contribution in [-0.4, -0.2) is 45.3 Å². The minimum absolute atomic E-state index is 0.107. The summed E-state index contributed by atoms with van der Waals surface area (Å²) in [6, 6.07) is 7.26. The lowest BCUT2D eigenvalue weighted by molar-refractivity contribution is -0.121. The minimum Gasteiger partial charge on any atom is -0.506 e.